The van der Waals surface area contributed by atoms with Crippen molar-refractivity contribution in [1.29, 1.82) is 0 Å². The van der Waals surface area contributed by atoms with Gasteiger partial charge < -0.3 is 10.5 Å². The molecule has 2 atom stereocenters. The maximum atomic E-state index is 6.16. The van der Waals surface area contributed by atoms with Crippen molar-refractivity contribution in [3.05, 3.63) is 28.8 Å². The van der Waals surface area contributed by atoms with Crippen LogP contribution in [0.25, 0.3) is 0 Å². The zero-order valence-corrected chi connectivity index (χ0v) is 11.6. The van der Waals surface area contributed by atoms with Gasteiger partial charge in [0.25, 0.3) is 0 Å². The normalized spacial score (nSPS) is 23.0. The molecule has 1 aromatic rings. The molecule has 0 spiro atoms. The van der Waals surface area contributed by atoms with E-state index in [0.29, 0.717) is 0 Å². The SMILES string of the molecule is CCSCCC1CC(N)c2cc(Cl)ccc2O1. The summed E-state index contributed by atoms with van der Waals surface area (Å²) in [5.41, 5.74) is 7.20. The zero-order valence-electron chi connectivity index (χ0n) is 9.99. The van der Waals surface area contributed by atoms with Crippen molar-refractivity contribution in [3.63, 3.8) is 0 Å². The topological polar surface area (TPSA) is 35.2 Å². The Morgan fingerprint density at radius 2 is 2.35 bits per heavy atom. The molecular formula is C13H18ClNOS. The third kappa shape index (κ3) is 3.30. The summed E-state index contributed by atoms with van der Waals surface area (Å²) in [7, 11) is 0. The molecule has 1 aromatic carbocycles. The van der Waals surface area contributed by atoms with E-state index in [1.165, 1.54) is 0 Å². The van der Waals surface area contributed by atoms with Crippen molar-refractivity contribution in [3.8, 4) is 5.75 Å². The summed E-state index contributed by atoms with van der Waals surface area (Å²) >= 11 is 7.91. The van der Waals surface area contributed by atoms with Gasteiger partial charge in [0.05, 0.1) is 0 Å². The van der Waals surface area contributed by atoms with Crippen LogP contribution >= 0.6 is 23.4 Å². The molecule has 0 saturated carbocycles. The number of rotatable bonds is 4. The summed E-state index contributed by atoms with van der Waals surface area (Å²) in [5, 5.41) is 0.725. The van der Waals surface area contributed by atoms with Crippen molar-refractivity contribution in [2.24, 2.45) is 5.73 Å². The molecular weight excluding hydrogens is 254 g/mol. The highest BCUT2D eigenvalue weighted by molar-refractivity contribution is 7.99. The molecule has 0 amide bonds. The summed E-state index contributed by atoms with van der Waals surface area (Å²) < 4.78 is 5.95. The van der Waals surface area contributed by atoms with Crippen LogP contribution in [0.1, 0.15) is 31.4 Å². The van der Waals surface area contributed by atoms with Gasteiger partial charge in [0.1, 0.15) is 11.9 Å². The van der Waals surface area contributed by atoms with Gasteiger partial charge in [-0.15, -0.1) is 0 Å². The van der Waals surface area contributed by atoms with Gasteiger partial charge in [-0.25, -0.2) is 0 Å². The van der Waals surface area contributed by atoms with E-state index in [9.17, 15) is 0 Å². The Kier molecular flexibility index (Phi) is 4.60. The van der Waals surface area contributed by atoms with Gasteiger partial charge in [-0.1, -0.05) is 18.5 Å². The lowest BCUT2D eigenvalue weighted by molar-refractivity contribution is 0.156. The molecule has 94 valence electrons. The molecule has 0 aliphatic carbocycles. The van der Waals surface area contributed by atoms with Crippen molar-refractivity contribution >= 4 is 23.4 Å². The third-order valence-corrected chi connectivity index (χ3v) is 4.14. The predicted molar refractivity (Wildman–Crippen MR) is 75.0 cm³/mol. The van der Waals surface area contributed by atoms with Crippen molar-refractivity contribution in [1.82, 2.24) is 0 Å². The first-order valence-electron chi connectivity index (χ1n) is 6.00. The number of hydrogen-bond acceptors (Lipinski definition) is 3. The maximum absolute atomic E-state index is 6.16. The minimum Gasteiger partial charge on any atom is -0.490 e. The van der Waals surface area contributed by atoms with Crippen LogP contribution in [0.5, 0.6) is 5.75 Å². The molecule has 0 aromatic heterocycles. The number of thioether (sulfide) groups is 1. The van der Waals surface area contributed by atoms with Crippen LogP contribution in [-0.4, -0.2) is 17.6 Å². The Bertz CT molecular complexity index is 386. The quantitative estimate of drug-likeness (QED) is 0.850. The first kappa shape index (κ1) is 13.1. The summed E-state index contributed by atoms with van der Waals surface area (Å²) in [6.45, 7) is 2.18. The fourth-order valence-electron chi connectivity index (χ4n) is 2.09. The molecule has 2 N–H and O–H groups in total. The predicted octanol–water partition coefficient (Wildman–Crippen LogP) is 3.63. The number of ether oxygens (including phenoxy) is 1. The van der Waals surface area contributed by atoms with Gasteiger partial charge in [-0.2, -0.15) is 11.8 Å². The van der Waals surface area contributed by atoms with Crippen molar-refractivity contribution in [2.75, 3.05) is 11.5 Å². The van der Waals surface area contributed by atoms with Crippen LogP contribution in [0.3, 0.4) is 0 Å². The van der Waals surface area contributed by atoms with E-state index in [1.54, 1.807) is 0 Å². The van der Waals surface area contributed by atoms with Gasteiger partial charge in [0, 0.05) is 23.0 Å². The van der Waals surface area contributed by atoms with Gasteiger partial charge in [0.2, 0.25) is 0 Å². The molecule has 17 heavy (non-hydrogen) atoms. The zero-order chi connectivity index (χ0) is 12.3. The Morgan fingerprint density at radius 3 is 3.12 bits per heavy atom. The van der Waals surface area contributed by atoms with Gasteiger partial charge in [0.15, 0.2) is 0 Å². The highest BCUT2D eigenvalue weighted by Gasteiger charge is 2.25. The summed E-state index contributed by atoms with van der Waals surface area (Å²) in [6, 6.07) is 5.75. The number of nitrogens with two attached hydrogens (primary N) is 1. The van der Waals surface area contributed by atoms with Crippen molar-refractivity contribution < 1.29 is 4.74 Å². The number of halogens is 1. The highest BCUT2D eigenvalue weighted by atomic mass is 35.5. The first-order valence-corrected chi connectivity index (χ1v) is 7.53. The van der Waals surface area contributed by atoms with Crippen LogP contribution in [0.4, 0.5) is 0 Å². The van der Waals surface area contributed by atoms with E-state index >= 15 is 0 Å². The summed E-state index contributed by atoms with van der Waals surface area (Å²) in [5.74, 6) is 3.20. The second kappa shape index (κ2) is 5.98. The van der Waals surface area contributed by atoms with E-state index < -0.39 is 0 Å². The molecule has 0 radical (unpaired) electrons. The molecule has 0 fully saturated rings. The van der Waals surface area contributed by atoms with Crippen LogP contribution in [-0.2, 0) is 0 Å². The smallest absolute Gasteiger partial charge is 0.124 e. The number of fused-ring (bicyclic) bond motifs is 1. The van der Waals surface area contributed by atoms with E-state index in [1.807, 2.05) is 30.0 Å². The van der Waals surface area contributed by atoms with Crippen molar-refractivity contribution in [2.45, 2.75) is 31.9 Å². The monoisotopic (exact) mass is 271 g/mol. The molecule has 1 aliphatic heterocycles. The summed E-state index contributed by atoms with van der Waals surface area (Å²) in [6.07, 6.45) is 2.20. The largest absolute Gasteiger partial charge is 0.490 e. The highest BCUT2D eigenvalue weighted by Crippen LogP contribution is 2.36. The second-order valence-corrected chi connectivity index (χ2v) is 6.08. The lowest BCUT2D eigenvalue weighted by atomic mass is 9.96. The van der Waals surface area contributed by atoms with Crippen LogP contribution in [0, 0.1) is 0 Å². The number of benzene rings is 1. The van der Waals surface area contributed by atoms with E-state index in [-0.39, 0.29) is 12.1 Å². The Morgan fingerprint density at radius 1 is 1.53 bits per heavy atom. The van der Waals surface area contributed by atoms with E-state index in [2.05, 4.69) is 6.92 Å². The lowest BCUT2D eigenvalue weighted by Crippen LogP contribution is -2.30. The van der Waals surface area contributed by atoms with Gasteiger partial charge in [-0.05, 0) is 36.1 Å². The average Bonchev–Trinajstić information content (AvgIpc) is 2.31. The van der Waals surface area contributed by atoms with Crippen LogP contribution in [0.2, 0.25) is 5.02 Å². The van der Waals surface area contributed by atoms with Gasteiger partial charge in [-0.3, -0.25) is 0 Å². The Labute approximate surface area is 112 Å². The molecule has 4 heteroatoms. The minimum absolute atomic E-state index is 0.0501. The molecule has 0 bridgehead atoms. The first-order chi connectivity index (χ1) is 8.20. The standard InChI is InChI=1S/C13H18ClNOS/c1-2-17-6-5-10-8-12(15)11-7-9(14)3-4-13(11)16-10/h3-4,7,10,12H,2,5-6,8,15H2,1H3. The maximum Gasteiger partial charge on any atom is 0.124 e. The van der Waals surface area contributed by atoms with E-state index in [0.717, 1.165) is 40.7 Å². The molecule has 0 saturated heterocycles. The fourth-order valence-corrected chi connectivity index (χ4v) is 2.99. The number of hydrogen-bond donors (Lipinski definition) is 1. The summed E-state index contributed by atoms with van der Waals surface area (Å²) in [4.78, 5) is 0. The van der Waals surface area contributed by atoms with Crippen LogP contribution < -0.4 is 10.5 Å². The third-order valence-electron chi connectivity index (χ3n) is 2.97. The fraction of sp³-hybridized carbons (Fsp3) is 0.538. The van der Waals surface area contributed by atoms with E-state index in [4.69, 9.17) is 22.1 Å². The van der Waals surface area contributed by atoms with Crippen LogP contribution in [0.15, 0.2) is 18.2 Å². The van der Waals surface area contributed by atoms with Gasteiger partial charge >= 0.3 is 0 Å². The average molecular weight is 272 g/mol. The molecule has 2 nitrogen and oxygen atoms in total. The molecule has 2 rings (SSSR count). The lowest BCUT2D eigenvalue weighted by Gasteiger charge is -2.30. The molecule has 2 unspecified atom stereocenters. The second-order valence-electron chi connectivity index (χ2n) is 4.25. The minimum atomic E-state index is 0.0501. The Hall–Kier alpha value is -0.380. The molecule has 1 aliphatic rings. The molecule has 1 heterocycles. The Balaban J connectivity index is 2.03.